The molecule has 2 N–H and O–H groups in total. The summed E-state index contributed by atoms with van der Waals surface area (Å²) in [6.07, 6.45) is 0.956. The van der Waals surface area contributed by atoms with E-state index in [9.17, 15) is 0 Å². The molecule has 0 aromatic carbocycles. The van der Waals surface area contributed by atoms with E-state index in [1.165, 1.54) is 0 Å². The largest absolute Gasteiger partial charge is 0.378 e. The van der Waals surface area contributed by atoms with Crippen molar-refractivity contribution in [3.05, 3.63) is 0 Å². The minimum atomic E-state index is -0.961. The standard InChI is InChI=1S/C6H9NO/c1-6(2,8)4-3-5-7/h5,7-8H,1-2H3. The van der Waals surface area contributed by atoms with Gasteiger partial charge in [0.05, 0.1) is 6.21 Å². The number of rotatable bonds is 0. The summed E-state index contributed by atoms with van der Waals surface area (Å²) in [5.74, 6) is 4.76. The van der Waals surface area contributed by atoms with Crippen LogP contribution in [0.2, 0.25) is 0 Å². The van der Waals surface area contributed by atoms with Crippen molar-refractivity contribution in [1.29, 1.82) is 5.41 Å². The summed E-state index contributed by atoms with van der Waals surface area (Å²) in [5, 5.41) is 15.3. The second-order valence-electron chi connectivity index (χ2n) is 1.97. The van der Waals surface area contributed by atoms with Crippen LogP contribution in [0.3, 0.4) is 0 Å². The van der Waals surface area contributed by atoms with E-state index >= 15 is 0 Å². The number of hydrogen-bond acceptors (Lipinski definition) is 2. The fourth-order valence-electron chi connectivity index (χ4n) is 0.213. The molecule has 0 heterocycles. The summed E-state index contributed by atoms with van der Waals surface area (Å²) in [7, 11) is 0. The molecule has 0 saturated heterocycles. The van der Waals surface area contributed by atoms with Gasteiger partial charge in [-0.3, -0.25) is 5.41 Å². The van der Waals surface area contributed by atoms with Gasteiger partial charge in [-0.15, -0.1) is 0 Å². The average molecular weight is 111 g/mol. The van der Waals surface area contributed by atoms with Gasteiger partial charge < -0.3 is 5.11 Å². The quantitative estimate of drug-likeness (QED) is 0.345. The van der Waals surface area contributed by atoms with Gasteiger partial charge >= 0.3 is 0 Å². The Morgan fingerprint density at radius 2 is 2.12 bits per heavy atom. The van der Waals surface area contributed by atoms with Crippen molar-refractivity contribution in [3.63, 3.8) is 0 Å². The van der Waals surface area contributed by atoms with E-state index in [0.717, 1.165) is 6.21 Å². The summed E-state index contributed by atoms with van der Waals surface area (Å²) in [6, 6.07) is 0. The maximum atomic E-state index is 8.87. The minimum absolute atomic E-state index is 0.956. The molecule has 8 heavy (non-hydrogen) atoms. The highest BCUT2D eigenvalue weighted by molar-refractivity contribution is 5.75. The molecule has 0 rings (SSSR count). The van der Waals surface area contributed by atoms with Gasteiger partial charge in [0.2, 0.25) is 0 Å². The first-order valence-corrected chi connectivity index (χ1v) is 2.30. The Morgan fingerprint density at radius 3 is 2.25 bits per heavy atom. The van der Waals surface area contributed by atoms with Crippen molar-refractivity contribution in [2.24, 2.45) is 0 Å². The Bertz CT molecular complexity index is 133. The first-order chi connectivity index (χ1) is 3.56. The van der Waals surface area contributed by atoms with E-state index in [-0.39, 0.29) is 0 Å². The second kappa shape index (κ2) is 2.49. The predicted molar refractivity (Wildman–Crippen MR) is 32.9 cm³/mol. The zero-order chi connectivity index (χ0) is 6.62. The minimum Gasteiger partial charge on any atom is -0.378 e. The highest BCUT2D eigenvalue weighted by Crippen LogP contribution is 1.94. The maximum absolute atomic E-state index is 8.87. The highest BCUT2D eigenvalue weighted by Gasteiger charge is 2.04. The molecule has 0 aliphatic heterocycles. The summed E-state index contributed by atoms with van der Waals surface area (Å²) in [4.78, 5) is 0. The zero-order valence-corrected chi connectivity index (χ0v) is 5.02. The van der Waals surface area contributed by atoms with Crippen LogP contribution in [0.4, 0.5) is 0 Å². The molecule has 2 heteroatoms. The molecule has 44 valence electrons. The lowest BCUT2D eigenvalue weighted by Crippen LogP contribution is -2.14. The van der Waals surface area contributed by atoms with Crippen molar-refractivity contribution in [2.45, 2.75) is 19.4 Å². The van der Waals surface area contributed by atoms with E-state index in [0.29, 0.717) is 0 Å². The molecular formula is C6H9NO. The van der Waals surface area contributed by atoms with Crippen LogP contribution in [0.1, 0.15) is 13.8 Å². The molecule has 0 atom stereocenters. The van der Waals surface area contributed by atoms with Gasteiger partial charge in [-0.05, 0) is 13.8 Å². The summed E-state index contributed by atoms with van der Waals surface area (Å²) in [5.41, 5.74) is -0.961. The van der Waals surface area contributed by atoms with Crippen molar-refractivity contribution >= 4 is 6.21 Å². The topological polar surface area (TPSA) is 44.1 Å². The molecule has 0 aromatic rings. The lowest BCUT2D eigenvalue weighted by atomic mass is 10.1. The molecular weight excluding hydrogens is 102 g/mol. The van der Waals surface area contributed by atoms with Crippen LogP contribution in [0.15, 0.2) is 0 Å². The van der Waals surface area contributed by atoms with E-state index < -0.39 is 5.60 Å². The van der Waals surface area contributed by atoms with Crippen LogP contribution in [-0.4, -0.2) is 16.9 Å². The van der Waals surface area contributed by atoms with Crippen molar-refractivity contribution in [2.75, 3.05) is 0 Å². The van der Waals surface area contributed by atoms with E-state index in [1.807, 2.05) is 0 Å². The number of hydrogen-bond donors (Lipinski definition) is 2. The third-order valence-electron chi connectivity index (χ3n) is 0.450. The van der Waals surface area contributed by atoms with E-state index in [4.69, 9.17) is 10.5 Å². The first kappa shape index (κ1) is 7.19. The smallest absolute Gasteiger partial charge is 0.120 e. The Kier molecular flexibility index (Phi) is 2.23. The van der Waals surface area contributed by atoms with Crippen LogP contribution in [-0.2, 0) is 0 Å². The average Bonchev–Trinajstić information content (AvgIpc) is 1.59. The highest BCUT2D eigenvalue weighted by atomic mass is 16.3. The number of nitrogens with one attached hydrogen (secondary N) is 1. The summed E-state index contributed by atoms with van der Waals surface area (Å²) in [6.45, 7) is 3.15. The Labute approximate surface area is 49.0 Å². The van der Waals surface area contributed by atoms with Gasteiger partial charge in [0.15, 0.2) is 0 Å². The molecule has 0 amide bonds. The maximum Gasteiger partial charge on any atom is 0.120 e. The van der Waals surface area contributed by atoms with Crippen LogP contribution in [0, 0.1) is 17.3 Å². The molecule has 0 saturated carbocycles. The van der Waals surface area contributed by atoms with E-state index in [1.54, 1.807) is 13.8 Å². The van der Waals surface area contributed by atoms with Gasteiger partial charge in [-0.1, -0.05) is 11.8 Å². The predicted octanol–water partition coefficient (Wildman–Crippen LogP) is 0.410. The first-order valence-electron chi connectivity index (χ1n) is 2.30. The fraction of sp³-hybridized carbons (Fsp3) is 0.500. The van der Waals surface area contributed by atoms with Gasteiger partial charge in [0.25, 0.3) is 0 Å². The van der Waals surface area contributed by atoms with Crippen LogP contribution < -0.4 is 0 Å². The monoisotopic (exact) mass is 111 g/mol. The molecule has 0 radical (unpaired) electrons. The van der Waals surface area contributed by atoms with Gasteiger partial charge in [-0.2, -0.15) is 0 Å². The third-order valence-corrected chi connectivity index (χ3v) is 0.450. The SMILES string of the molecule is CC(C)(O)C#CC=N. The Balaban J connectivity index is 3.87. The fourth-order valence-corrected chi connectivity index (χ4v) is 0.213. The lowest BCUT2D eigenvalue weighted by molar-refractivity contribution is 0.143. The lowest BCUT2D eigenvalue weighted by Gasteiger charge is -2.04. The summed E-state index contributed by atoms with van der Waals surface area (Å²) >= 11 is 0. The molecule has 0 aliphatic carbocycles. The van der Waals surface area contributed by atoms with Crippen LogP contribution in [0.5, 0.6) is 0 Å². The summed E-state index contributed by atoms with van der Waals surface area (Å²) < 4.78 is 0. The molecule has 0 bridgehead atoms. The van der Waals surface area contributed by atoms with Gasteiger partial charge in [-0.25, -0.2) is 0 Å². The molecule has 2 nitrogen and oxygen atoms in total. The van der Waals surface area contributed by atoms with Gasteiger partial charge in [0, 0.05) is 0 Å². The molecule has 0 spiro atoms. The van der Waals surface area contributed by atoms with E-state index in [2.05, 4.69) is 11.8 Å². The van der Waals surface area contributed by atoms with Crippen LogP contribution >= 0.6 is 0 Å². The molecule has 0 aromatic heterocycles. The zero-order valence-electron chi connectivity index (χ0n) is 5.02. The van der Waals surface area contributed by atoms with Crippen molar-refractivity contribution in [1.82, 2.24) is 0 Å². The van der Waals surface area contributed by atoms with Gasteiger partial charge in [0.1, 0.15) is 5.60 Å². The van der Waals surface area contributed by atoms with Crippen LogP contribution in [0.25, 0.3) is 0 Å². The molecule has 0 fully saturated rings. The molecule has 0 aliphatic rings. The Morgan fingerprint density at radius 1 is 1.62 bits per heavy atom. The third kappa shape index (κ3) is 5.19. The number of aliphatic hydroxyl groups is 1. The second-order valence-corrected chi connectivity index (χ2v) is 1.97. The van der Waals surface area contributed by atoms with Crippen molar-refractivity contribution < 1.29 is 5.11 Å². The van der Waals surface area contributed by atoms with Crippen molar-refractivity contribution in [3.8, 4) is 11.8 Å². The normalized spacial score (nSPS) is 9.38. The molecule has 0 unspecified atom stereocenters. The Hall–Kier alpha value is -0.810.